The number of ether oxygens (including phenoxy) is 1. The minimum absolute atomic E-state index is 0.0180. The van der Waals surface area contributed by atoms with Crippen molar-refractivity contribution in [1.29, 1.82) is 0 Å². The number of benzene rings is 1. The first-order chi connectivity index (χ1) is 21.4. The molecule has 0 unspecified atom stereocenters. The van der Waals surface area contributed by atoms with E-state index in [1.165, 1.54) is 32.3 Å². The number of Topliss-reactive ketones (excluding diaryl/α,β-unsaturated/α-hetero) is 1. The molecule has 45 heavy (non-hydrogen) atoms. The molecule has 4 rings (SSSR count). The second-order valence-corrected chi connectivity index (χ2v) is 13.3. The Morgan fingerprint density at radius 3 is 2.40 bits per heavy atom. The van der Waals surface area contributed by atoms with E-state index < -0.39 is 6.09 Å². The van der Waals surface area contributed by atoms with E-state index in [4.69, 9.17) is 4.74 Å². The standard InChI is InChI=1S/C34H44N4O6S/c1-19-7-6-8-28(37-33(42)24-11-9-23(10-12-24)18-35-20(2)15-21(3)39)30-17-27(31(45-30)22(4)40)26-14-13-25(36-34(43)44-5)16-29(26)38-32(19)41/h13-17,19,23-24,28,35H,6-12,18H2,1-5H3,(H,36,43)(H,37,42)(H,38,41)/b20-15-/t19-,23-,24-,28+/m1/s1. The quantitative estimate of drug-likeness (QED) is 0.189. The molecule has 4 N–H and O–H groups in total. The maximum atomic E-state index is 13.6. The molecule has 2 bridgehead atoms. The summed E-state index contributed by atoms with van der Waals surface area (Å²) in [6.07, 6.45) is 6.39. The first-order valence-corrected chi connectivity index (χ1v) is 16.4. The molecule has 2 aliphatic rings. The van der Waals surface area contributed by atoms with Gasteiger partial charge in [-0.25, -0.2) is 4.79 Å². The third-order valence-electron chi connectivity index (χ3n) is 8.61. The first-order valence-electron chi connectivity index (χ1n) is 15.6. The van der Waals surface area contributed by atoms with Crippen molar-refractivity contribution in [1.82, 2.24) is 10.6 Å². The van der Waals surface area contributed by atoms with Gasteiger partial charge in [0.1, 0.15) is 0 Å². The smallest absolute Gasteiger partial charge is 0.411 e. The van der Waals surface area contributed by atoms with Gasteiger partial charge in [-0.1, -0.05) is 19.4 Å². The fourth-order valence-electron chi connectivity index (χ4n) is 6.05. The summed E-state index contributed by atoms with van der Waals surface area (Å²) in [5.41, 5.74) is 3.12. The number of anilines is 2. The van der Waals surface area contributed by atoms with Gasteiger partial charge in [0.05, 0.1) is 23.7 Å². The molecule has 1 saturated carbocycles. The molecule has 2 aromatic rings. The zero-order valence-electron chi connectivity index (χ0n) is 26.7. The van der Waals surface area contributed by atoms with Crippen molar-refractivity contribution >= 4 is 52.2 Å². The van der Waals surface area contributed by atoms with Crippen LogP contribution in [0.15, 0.2) is 36.0 Å². The predicted octanol–water partition coefficient (Wildman–Crippen LogP) is 6.60. The summed E-state index contributed by atoms with van der Waals surface area (Å²) in [7, 11) is 1.27. The van der Waals surface area contributed by atoms with Crippen molar-refractivity contribution in [3.05, 3.63) is 45.8 Å². The van der Waals surface area contributed by atoms with Crippen molar-refractivity contribution in [2.24, 2.45) is 17.8 Å². The van der Waals surface area contributed by atoms with Crippen LogP contribution in [0.25, 0.3) is 11.1 Å². The van der Waals surface area contributed by atoms with Crippen LogP contribution in [0, 0.1) is 17.8 Å². The van der Waals surface area contributed by atoms with Gasteiger partial charge in [-0.2, -0.15) is 0 Å². The van der Waals surface area contributed by atoms with Crippen LogP contribution in [0.2, 0.25) is 0 Å². The zero-order chi connectivity index (χ0) is 32.7. The van der Waals surface area contributed by atoms with Gasteiger partial charge in [0.15, 0.2) is 11.6 Å². The Kier molecular flexibility index (Phi) is 11.6. The van der Waals surface area contributed by atoms with Gasteiger partial charge in [-0.3, -0.25) is 24.5 Å². The number of rotatable bonds is 8. The summed E-state index contributed by atoms with van der Waals surface area (Å²) in [5.74, 6) is -0.160. The normalized spacial score (nSPS) is 22.1. The molecule has 1 aromatic carbocycles. The van der Waals surface area contributed by atoms with Crippen LogP contribution in [0.1, 0.15) is 93.2 Å². The fourth-order valence-corrected chi connectivity index (χ4v) is 7.21. The van der Waals surface area contributed by atoms with E-state index in [9.17, 15) is 24.0 Å². The molecule has 0 spiro atoms. The number of fused-ring (bicyclic) bond motifs is 4. The number of hydrogen-bond acceptors (Lipinski definition) is 8. The molecule has 1 aliphatic carbocycles. The van der Waals surface area contributed by atoms with E-state index in [1.807, 2.05) is 19.9 Å². The highest BCUT2D eigenvalue weighted by Crippen LogP contribution is 2.41. The Morgan fingerprint density at radius 1 is 1.00 bits per heavy atom. The number of amides is 3. The minimum Gasteiger partial charge on any atom is -0.453 e. The summed E-state index contributed by atoms with van der Waals surface area (Å²) in [5, 5.41) is 12.3. The number of methoxy groups -OCH3 is 1. The summed E-state index contributed by atoms with van der Waals surface area (Å²) >= 11 is 1.38. The maximum absolute atomic E-state index is 13.6. The van der Waals surface area contributed by atoms with Crippen LogP contribution in [-0.4, -0.2) is 43.1 Å². The van der Waals surface area contributed by atoms with Crippen molar-refractivity contribution in [2.45, 2.75) is 78.7 Å². The second-order valence-electron chi connectivity index (χ2n) is 12.2. The van der Waals surface area contributed by atoms with Crippen LogP contribution >= 0.6 is 11.3 Å². The van der Waals surface area contributed by atoms with Gasteiger partial charge in [-0.05, 0) is 89.5 Å². The van der Waals surface area contributed by atoms with E-state index in [2.05, 4.69) is 21.3 Å². The molecule has 3 amide bonds. The molecular weight excluding hydrogens is 592 g/mol. The molecule has 1 aliphatic heterocycles. The number of allylic oxidation sites excluding steroid dienone is 2. The highest BCUT2D eigenvalue weighted by atomic mass is 32.1. The first kappa shape index (κ1) is 33.9. The van der Waals surface area contributed by atoms with E-state index >= 15 is 0 Å². The van der Waals surface area contributed by atoms with Crippen LogP contribution in [0.4, 0.5) is 16.2 Å². The molecule has 0 radical (unpaired) electrons. The van der Waals surface area contributed by atoms with Gasteiger partial charge in [0.2, 0.25) is 11.8 Å². The monoisotopic (exact) mass is 636 g/mol. The second kappa shape index (κ2) is 15.3. The van der Waals surface area contributed by atoms with E-state index in [-0.39, 0.29) is 41.3 Å². The Bertz CT molecular complexity index is 1470. The number of thiophene rings is 1. The Labute approximate surface area is 268 Å². The summed E-state index contributed by atoms with van der Waals surface area (Å²) in [6.45, 7) is 7.60. The lowest BCUT2D eigenvalue weighted by atomic mass is 9.81. The van der Waals surface area contributed by atoms with Crippen LogP contribution in [-0.2, 0) is 19.1 Å². The SMILES string of the molecule is COC(=O)Nc1ccc2c(c1)NC(=O)[C@H](C)CCC[C@H](NC(=O)[C@H]1CC[C@H](CN/C(C)=C\C(C)=O)CC1)c1cc-2c(C(C)=O)s1. The van der Waals surface area contributed by atoms with Crippen molar-refractivity contribution < 1.29 is 28.7 Å². The van der Waals surface area contributed by atoms with Crippen LogP contribution in [0.3, 0.4) is 0 Å². The Morgan fingerprint density at radius 2 is 1.73 bits per heavy atom. The van der Waals surface area contributed by atoms with Crippen molar-refractivity contribution in [3.63, 3.8) is 0 Å². The number of hydrogen-bond donors (Lipinski definition) is 4. The van der Waals surface area contributed by atoms with Crippen molar-refractivity contribution in [2.75, 3.05) is 24.3 Å². The topological polar surface area (TPSA) is 143 Å². The minimum atomic E-state index is -0.634. The van der Waals surface area contributed by atoms with Crippen LogP contribution in [0.5, 0.6) is 0 Å². The third kappa shape index (κ3) is 9.03. The lowest BCUT2D eigenvalue weighted by Gasteiger charge is -2.29. The molecule has 1 fully saturated rings. The molecular formula is C34H44N4O6S. The summed E-state index contributed by atoms with van der Waals surface area (Å²) in [6, 6.07) is 6.80. The van der Waals surface area contributed by atoms with Crippen molar-refractivity contribution in [3.8, 4) is 11.1 Å². The van der Waals surface area contributed by atoms with Gasteiger partial charge in [0.25, 0.3) is 0 Å². The number of carbonyl (C=O) groups excluding carboxylic acids is 5. The van der Waals surface area contributed by atoms with Gasteiger partial charge in [0, 0.05) is 45.8 Å². The van der Waals surface area contributed by atoms with E-state index in [1.54, 1.807) is 24.3 Å². The highest BCUT2D eigenvalue weighted by Gasteiger charge is 2.30. The average molecular weight is 637 g/mol. The molecule has 1 aromatic heterocycles. The van der Waals surface area contributed by atoms with Gasteiger partial charge < -0.3 is 20.7 Å². The molecule has 2 atom stereocenters. The van der Waals surface area contributed by atoms with Crippen LogP contribution < -0.4 is 21.3 Å². The molecule has 2 heterocycles. The summed E-state index contributed by atoms with van der Waals surface area (Å²) < 4.78 is 4.71. The Balaban J connectivity index is 1.56. The molecule has 0 saturated heterocycles. The predicted molar refractivity (Wildman–Crippen MR) is 176 cm³/mol. The zero-order valence-corrected chi connectivity index (χ0v) is 27.5. The van der Waals surface area contributed by atoms with Gasteiger partial charge in [-0.15, -0.1) is 11.3 Å². The molecule has 11 heteroatoms. The summed E-state index contributed by atoms with van der Waals surface area (Å²) in [4.78, 5) is 64.3. The largest absolute Gasteiger partial charge is 0.453 e. The van der Waals surface area contributed by atoms with E-state index in [0.717, 1.165) is 42.8 Å². The molecule has 242 valence electrons. The fraction of sp³-hybridized carbons (Fsp3) is 0.500. The lowest BCUT2D eigenvalue weighted by Crippen LogP contribution is -2.36. The van der Waals surface area contributed by atoms with Gasteiger partial charge >= 0.3 is 6.09 Å². The maximum Gasteiger partial charge on any atom is 0.411 e. The Hall–Kier alpha value is -3.99. The number of nitrogens with one attached hydrogen (secondary N) is 4. The third-order valence-corrected chi connectivity index (χ3v) is 9.96. The average Bonchev–Trinajstić information content (AvgIpc) is 3.44. The van der Waals surface area contributed by atoms with E-state index in [0.29, 0.717) is 52.6 Å². The molecule has 10 nitrogen and oxygen atoms in total. The lowest BCUT2D eigenvalue weighted by molar-refractivity contribution is -0.127. The number of carbonyl (C=O) groups is 5. The number of ketones is 2. The highest BCUT2D eigenvalue weighted by molar-refractivity contribution is 7.14.